The van der Waals surface area contributed by atoms with Gasteiger partial charge in [0.15, 0.2) is 5.78 Å². The molecule has 2 N–H and O–H groups in total. The van der Waals surface area contributed by atoms with E-state index in [-0.39, 0.29) is 17.7 Å². The lowest BCUT2D eigenvalue weighted by atomic mass is 9.80. The van der Waals surface area contributed by atoms with E-state index in [0.717, 1.165) is 22.8 Å². The van der Waals surface area contributed by atoms with Crippen molar-refractivity contribution in [1.82, 2.24) is 10.3 Å². The quantitative estimate of drug-likeness (QED) is 0.712. The normalized spacial score (nSPS) is 21.2. The number of fused-ring (bicyclic) bond motifs is 1. The predicted octanol–water partition coefficient (Wildman–Crippen LogP) is 3.65. The van der Waals surface area contributed by atoms with Crippen LogP contribution in [0.25, 0.3) is 0 Å². The number of furan rings is 1. The summed E-state index contributed by atoms with van der Waals surface area (Å²) < 4.78 is 15.7. The molecule has 0 saturated heterocycles. The number of carbonyl (C=O) groups is 1. The number of nitrogens with zero attached hydrogens (tertiary/aromatic N) is 2. The van der Waals surface area contributed by atoms with Crippen LogP contribution < -0.4 is 15.4 Å². The third kappa shape index (κ3) is 2.74. The van der Waals surface area contributed by atoms with Crippen molar-refractivity contribution in [3.63, 3.8) is 0 Å². The number of ether oxygens (including phenoxy) is 1. The van der Waals surface area contributed by atoms with Gasteiger partial charge in [-0.3, -0.25) is 4.79 Å². The van der Waals surface area contributed by atoms with Gasteiger partial charge >= 0.3 is 0 Å². The number of aromatic nitrogens is 2. The lowest BCUT2D eigenvalue weighted by Gasteiger charge is -2.28. The zero-order chi connectivity index (χ0) is 19.1. The minimum Gasteiger partial charge on any atom is -0.497 e. The summed E-state index contributed by atoms with van der Waals surface area (Å²) in [4.78, 5) is 13.2. The van der Waals surface area contributed by atoms with Gasteiger partial charge in [0.2, 0.25) is 11.6 Å². The van der Waals surface area contributed by atoms with Gasteiger partial charge in [-0.15, -0.1) is 0 Å². The molecule has 1 aromatic carbocycles. The van der Waals surface area contributed by atoms with Crippen LogP contribution in [0.5, 0.6) is 5.75 Å². The lowest BCUT2D eigenvalue weighted by molar-refractivity contribution is -0.116. The topological polar surface area (TPSA) is 102 Å². The summed E-state index contributed by atoms with van der Waals surface area (Å²) >= 11 is 0. The van der Waals surface area contributed by atoms with Crippen LogP contribution in [-0.4, -0.2) is 23.2 Å². The number of nitrogens with one attached hydrogen (secondary N) is 2. The van der Waals surface area contributed by atoms with Gasteiger partial charge in [-0.1, -0.05) is 12.1 Å². The molecule has 3 aromatic rings. The van der Waals surface area contributed by atoms with Crippen LogP contribution >= 0.6 is 0 Å². The Morgan fingerprint density at radius 3 is 2.68 bits per heavy atom. The molecule has 0 fully saturated rings. The van der Waals surface area contributed by atoms with Gasteiger partial charge in [0.1, 0.15) is 11.5 Å². The van der Waals surface area contributed by atoms with Crippen molar-refractivity contribution < 1.29 is 18.6 Å². The van der Waals surface area contributed by atoms with E-state index in [1.165, 1.54) is 0 Å². The van der Waals surface area contributed by atoms with Gasteiger partial charge in [-0.25, -0.2) is 4.63 Å². The van der Waals surface area contributed by atoms with E-state index in [0.29, 0.717) is 30.1 Å². The molecule has 0 saturated carbocycles. The minimum absolute atomic E-state index is 0.0216. The first kappa shape index (κ1) is 16.6. The molecule has 0 radical (unpaired) electrons. The molecular formula is C20H18N4O4. The average molecular weight is 378 g/mol. The molecule has 0 bridgehead atoms. The molecule has 2 atom stereocenters. The first-order chi connectivity index (χ1) is 13.7. The highest BCUT2D eigenvalue weighted by atomic mass is 16.6. The van der Waals surface area contributed by atoms with Crippen molar-refractivity contribution in [3.8, 4) is 5.75 Å². The Kier molecular flexibility index (Phi) is 3.89. The van der Waals surface area contributed by atoms with E-state index in [1.807, 2.05) is 36.4 Å². The van der Waals surface area contributed by atoms with E-state index in [9.17, 15) is 4.79 Å². The largest absolute Gasteiger partial charge is 0.497 e. The maximum absolute atomic E-state index is 13.2. The Balaban J connectivity index is 1.59. The summed E-state index contributed by atoms with van der Waals surface area (Å²) in [6.45, 7) is 0. The first-order valence-electron chi connectivity index (χ1n) is 9.02. The molecule has 2 aliphatic rings. The molecule has 3 heterocycles. The molecule has 28 heavy (non-hydrogen) atoms. The van der Waals surface area contributed by atoms with E-state index >= 15 is 0 Å². The van der Waals surface area contributed by atoms with E-state index in [1.54, 1.807) is 13.4 Å². The number of methoxy groups -OCH3 is 1. The maximum Gasteiger partial charge on any atom is 0.219 e. The highest BCUT2D eigenvalue weighted by molar-refractivity contribution is 6.00. The summed E-state index contributed by atoms with van der Waals surface area (Å²) in [7, 11) is 1.62. The zero-order valence-corrected chi connectivity index (χ0v) is 15.1. The molecule has 0 spiro atoms. The molecule has 142 valence electrons. The number of hydrogen-bond acceptors (Lipinski definition) is 8. The van der Waals surface area contributed by atoms with Crippen LogP contribution in [0.15, 0.2) is 63.0 Å². The van der Waals surface area contributed by atoms with Gasteiger partial charge < -0.3 is 19.8 Å². The van der Waals surface area contributed by atoms with Crippen LogP contribution in [0.2, 0.25) is 0 Å². The average Bonchev–Trinajstić information content (AvgIpc) is 3.37. The van der Waals surface area contributed by atoms with Crippen molar-refractivity contribution in [3.05, 3.63) is 65.3 Å². The van der Waals surface area contributed by atoms with E-state index in [2.05, 4.69) is 20.9 Å². The Bertz CT molecular complexity index is 1040. The van der Waals surface area contributed by atoms with Crippen LogP contribution in [0.3, 0.4) is 0 Å². The Morgan fingerprint density at radius 1 is 1.11 bits per heavy atom. The first-order valence-corrected chi connectivity index (χ1v) is 9.02. The fourth-order valence-electron chi connectivity index (χ4n) is 3.87. The van der Waals surface area contributed by atoms with Gasteiger partial charge in [-0.05, 0) is 46.6 Å². The van der Waals surface area contributed by atoms with Crippen molar-refractivity contribution in [2.45, 2.75) is 24.8 Å². The van der Waals surface area contributed by atoms with Crippen molar-refractivity contribution in [1.29, 1.82) is 0 Å². The number of hydrogen-bond donors (Lipinski definition) is 2. The van der Waals surface area contributed by atoms with Gasteiger partial charge in [-0.2, -0.15) is 0 Å². The molecule has 8 nitrogen and oxygen atoms in total. The molecule has 0 amide bonds. The Hall–Kier alpha value is -3.55. The SMILES string of the molecule is COc1ccc(C2Nc3nonc3NC3=C2C(=O)CC(c2ccco2)C3)cc1. The van der Waals surface area contributed by atoms with Gasteiger partial charge in [0.05, 0.1) is 19.4 Å². The van der Waals surface area contributed by atoms with Crippen molar-refractivity contribution in [2.75, 3.05) is 17.7 Å². The second-order valence-electron chi connectivity index (χ2n) is 6.87. The molecule has 1 aliphatic heterocycles. The number of carbonyl (C=O) groups excluding carboxylic acids is 1. The van der Waals surface area contributed by atoms with Gasteiger partial charge in [0.25, 0.3) is 0 Å². The number of anilines is 2. The number of rotatable bonds is 3. The molecule has 8 heteroatoms. The number of allylic oxidation sites excluding steroid dienone is 1. The molecule has 1 aliphatic carbocycles. The summed E-state index contributed by atoms with van der Waals surface area (Å²) in [5.74, 6) is 2.53. The fraction of sp³-hybridized carbons (Fsp3) is 0.250. The molecule has 2 unspecified atom stereocenters. The lowest BCUT2D eigenvalue weighted by Crippen LogP contribution is -2.26. The van der Waals surface area contributed by atoms with E-state index in [4.69, 9.17) is 13.8 Å². The summed E-state index contributed by atoms with van der Waals surface area (Å²) in [6.07, 6.45) is 2.65. The highest BCUT2D eigenvalue weighted by Crippen LogP contribution is 2.43. The van der Waals surface area contributed by atoms with Crippen molar-refractivity contribution >= 4 is 17.4 Å². The molecular weight excluding hydrogens is 360 g/mol. The standard InChI is InChI=1S/C20H18N4O4/c1-26-13-6-4-11(5-7-13)18-17-14(21-19-20(22-18)24-28-23-19)9-12(10-15(17)25)16-3-2-8-27-16/h2-8,12,18H,9-10H2,1H3,(H,21,23)(H,22,24). The van der Waals surface area contributed by atoms with Crippen LogP contribution in [0.1, 0.15) is 36.1 Å². The smallest absolute Gasteiger partial charge is 0.219 e. The van der Waals surface area contributed by atoms with Crippen LogP contribution in [0, 0.1) is 0 Å². The highest BCUT2D eigenvalue weighted by Gasteiger charge is 2.38. The second-order valence-corrected chi connectivity index (χ2v) is 6.87. The molecule has 2 aromatic heterocycles. The second kappa shape index (κ2) is 6.56. The van der Waals surface area contributed by atoms with Gasteiger partial charge in [0, 0.05) is 23.6 Å². The summed E-state index contributed by atoms with van der Waals surface area (Å²) in [5, 5.41) is 14.4. The van der Waals surface area contributed by atoms with Crippen molar-refractivity contribution in [2.24, 2.45) is 0 Å². The third-order valence-electron chi connectivity index (χ3n) is 5.23. The Labute approximate surface area is 160 Å². The predicted molar refractivity (Wildman–Crippen MR) is 100.0 cm³/mol. The summed E-state index contributed by atoms with van der Waals surface area (Å²) in [5.41, 5.74) is 2.42. The monoisotopic (exact) mass is 378 g/mol. The minimum atomic E-state index is -0.369. The van der Waals surface area contributed by atoms with Crippen LogP contribution in [-0.2, 0) is 4.79 Å². The maximum atomic E-state index is 13.2. The fourth-order valence-corrected chi connectivity index (χ4v) is 3.87. The number of Topliss-reactive ketones (excluding diaryl/α,β-unsaturated/α-hetero) is 1. The number of benzene rings is 1. The Morgan fingerprint density at radius 2 is 1.93 bits per heavy atom. The van der Waals surface area contributed by atoms with E-state index < -0.39 is 0 Å². The van der Waals surface area contributed by atoms with Crippen LogP contribution in [0.4, 0.5) is 11.6 Å². The zero-order valence-electron chi connectivity index (χ0n) is 15.1. The third-order valence-corrected chi connectivity index (χ3v) is 5.23. The number of ketones is 1. The summed E-state index contributed by atoms with van der Waals surface area (Å²) in [6, 6.07) is 11.0. The molecule has 5 rings (SSSR count).